The first kappa shape index (κ1) is 24.7. The number of anilines is 2. The normalized spacial score (nSPS) is 15.8. The minimum absolute atomic E-state index is 0.118. The molecular formula is C27H21F3N2O4. The van der Waals surface area contributed by atoms with E-state index < -0.39 is 29.5 Å². The molecule has 184 valence electrons. The molecular weight excluding hydrogens is 473 g/mol. The van der Waals surface area contributed by atoms with Gasteiger partial charge in [0, 0.05) is 18.0 Å². The third-order valence-electron chi connectivity index (χ3n) is 5.95. The lowest BCUT2D eigenvalue weighted by molar-refractivity contribution is -0.137. The number of carbonyl (C=O) groups excluding carboxylic acids is 1. The van der Waals surface area contributed by atoms with E-state index >= 15 is 0 Å². The average molecular weight is 494 g/mol. The zero-order valence-electron chi connectivity index (χ0n) is 19.2. The third kappa shape index (κ3) is 4.86. The van der Waals surface area contributed by atoms with Crippen LogP contribution in [-0.4, -0.2) is 28.3 Å². The van der Waals surface area contributed by atoms with Crippen molar-refractivity contribution in [3.63, 3.8) is 0 Å². The summed E-state index contributed by atoms with van der Waals surface area (Å²) >= 11 is 0. The molecule has 0 saturated carbocycles. The predicted octanol–water partition coefficient (Wildman–Crippen LogP) is 6.29. The molecule has 9 heteroatoms. The number of hydrogen-bond donors (Lipinski definition) is 2. The van der Waals surface area contributed by atoms with Crippen LogP contribution in [0.3, 0.4) is 0 Å². The molecule has 0 saturated heterocycles. The van der Waals surface area contributed by atoms with Crippen molar-refractivity contribution in [1.29, 1.82) is 0 Å². The number of halogens is 3. The van der Waals surface area contributed by atoms with Crippen LogP contribution in [0.15, 0.2) is 65.7 Å². The Bertz CT molecular complexity index is 1430. The number of fused-ring (bicyclic) bond motifs is 1. The van der Waals surface area contributed by atoms with Gasteiger partial charge in [-0.3, -0.25) is 14.7 Å². The Labute approximate surface area is 204 Å². The summed E-state index contributed by atoms with van der Waals surface area (Å²) in [6, 6.07) is 12.7. The maximum atomic E-state index is 13.5. The monoisotopic (exact) mass is 494 g/mol. The van der Waals surface area contributed by atoms with Gasteiger partial charge in [-0.15, -0.1) is 0 Å². The first-order valence-corrected chi connectivity index (χ1v) is 10.9. The number of hydrogen-bond acceptors (Lipinski definition) is 4. The summed E-state index contributed by atoms with van der Waals surface area (Å²) in [7, 11) is 0. The fourth-order valence-electron chi connectivity index (χ4n) is 3.92. The highest BCUT2D eigenvalue weighted by Gasteiger charge is 2.40. The second-order valence-corrected chi connectivity index (χ2v) is 8.39. The molecule has 1 aliphatic heterocycles. The van der Waals surface area contributed by atoms with E-state index in [1.807, 2.05) is 13.8 Å². The van der Waals surface area contributed by atoms with Crippen molar-refractivity contribution < 1.29 is 33.0 Å². The molecule has 3 aromatic carbocycles. The number of carboxylic acids is 1. The molecule has 4 rings (SSSR count). The maximum absolute atomic E-state index is 13.5. The molecule has 1 unspecified atom stereocenters. The number of alkyl halides is 3. The Morgan fingerprint density at radius 2 is 1.78 bits per heavy atom. The summed E-state index contributed by atoms with van der Waals surface area (Å²) in [5.74, 6) is -2.84. The van der Waals surface area contributed by atoms with Crippen LogP contribution in [0, 0.1) is 13.8 Å². The van der Waals surface area contributed by atoms with E-state index in [1.54, 1.807) is 18.2 Å². The third-order valence-corrected chi connectivity index (χ3v) is 5.95. The number of phenols is 1. The number of carboxylic acid groups (broad SMARTS) is 1. The molecule has 1 heterocycles. The molecule has 0 fully saturated rings. The van der Waals surface area contributed by atoms with Gasteiger partial charge in [-0.2, -0.15) is 13.2 Å². The quantitative estimate of drug-likeness (QED) is 0.322. The number of amides is 1. The number of phenolic OH excluding ortho intramolecular Hbond substituents is 1. The van der Waals surface area contributed by atoms with Crippen LogP contribution < -0.4 is 4.90 Å². The summed E-state index contributed by atoms with van der Waals surface area (Å²) in [6.07, 6.45) is -1.08. The number of aliphatic imine (C=N–C) groups is 1. The zero-order valence-corrected chi connectivity index (χ0v) is 19.2. The Kier molecular flexibility index (Phi) is 6.41. The number of benzene rings is 3. The van der Waals surface area contributed by atoms with Crippen LogP contribution in [0.2, 0.25) is 0 Å². The van der Waals surface area contributed by atoms with Gasteiger partial charge in [0.1, 0.15) is 17.4 Å². The smallest absolute Gasteiger partial charge is 0.416 e. The maximum Gasteiger partial charge on any atom is 0.416 e. The van der Waals surface area contributed by atoms with Crippen molar-refractivity contribution in [2.24, 2.45) is 4.99 Å². The fourth-order valence-corrected chi connectivity index (χ4v) is 3.92. The van der Waals surface area contributed by atoms with Crippen molar-refractivity contribution >= 4 is 41.2 Å². The van der Waals surface area contributed by atoms with Crippen LogP contribution in [0.1, 0.15) is 33.7 Å². The number of aryl methyl sites for hydroxylation is 2. The number of carbonyl (C=O) groups is 2. The van der Waals surface area contributed by atoms with E-state index in [0.717, 1.165) is 29.3 Å². The highest BCUT2D eigenvalue weighted by atomic mass is 19.4. The van der Waals surface area contributed by atoms with Gasteiger partial charge in [-0.05, 0) is 78.6 Å². The van der Waals surface area contributed by atoms with Gasteiger partial charge in [0.15, 0.2) is 0 Å². The molecule has 1 amide bonds. The summed E-state index contributed by atoms with van der Waals surface area (Å²) in [5.41, 5.74) is 2.45. The van der Waals surface area contributed by atoms with E-state index in [0.29, 0.717) is 16.8 Å². The van der Waals surface area contributed by atoms with Crippen molar-refractivity contribution in [3.8, 4) is 5.75 Å². The van der Waals surface area contributed by atoms with Crippen LogP contribution >= 0.6 is 0 Å². The number of rotatable bonds is 5. The highest BCUT2D eigenvalue weighted by molar-refractivity contribution is 6.18. The largest absolute Gasteiger partial charge is 0.506 e. The molecule has 0 radical (unpaired) electrons. The van der Waals surface area contributed by atoms with E-state index in [2.05, 4.69) is 4.99 Å². The highest BCUT2D eigenvalue weighted by Crippen LogP contribution is 2.45. The van der Waals surface area contributed by atoms with Gasteiger partial charge in [0.25, 0.3) is 0 Å². The van der Waals surface area contributed by atoms with Crippen molar-refractivity contribution in [1.82, 2.24) is 0 Å². The summed E-state index contributed by atoms with van der Waals surface area (Å²) in [6.45, 7) is 3.74. The van der Waals surface area contributed by atoms with E-state index in [9.17, 15) is 27.9 Å². The van der Waals surface area contributed by atoms with E-state index in [-0.39, 0.29) is 17.1 Å². The summed E-state index contributed by atoms with van der Waals surface area (Å²) in [5, 5.41) is 19.0. The number of aliphatic carboxylic acids is 1. The Morgan fingerprint density at radius 1 is 1.03 bits per heavy atom. The predicted molar refractivity (Wildman–Crippen MR) is 130 cm³/mol. The van der Waals surface area contributed by atoms with Gasteiger partial charge in [-0.1, -0.05) is 18.2 Å². The Morgan fingerprint density at radius 3 is 2.42 bits per heavy atom. The van der Waals surface area contributed by atoms with E-state index in [4.69, 9.17) is 5.11 Å². The van der Waals surface area contributed by atoms with Crippen LogP contribution in [0.25, 0.3) is 6.08 Å². The molecule has 36 heavy (non-hydrogen) atoms. The van der Waals surface area contributed by atoms with E-state index in [1.165, 1.54) is 41.5 Å². The lowest BCUT2D eigenvalue weighted by atomic mass is 10.0. The van der Waals surface area contributed by atoms with Gasteiger partial charge >= 0.3 is 12.1 Å². The Balaban J connectivity index is 1.74. The van der Waals surface area contributed by atoms with Crippen LogP contribution in [0.5, 0.6) is 5.75 Å². The minimum Gasteiger partial charge on any atom is -0.506 e. The first-order chi connectivity index (χ1) is 17.0. The first-order valence-electron chi connectivity index (χ1n) is 10.9. The van der Waals surface area contributed by atoms with Gasteiger partial charge in [0.05, 0.1) is 11.3 Å². The lowest BCUT2D eigenvalue weighted by Crippen LogP contribution is -2.24. The summed E-state index contributed by atoms with van der Waals surface area (Å²) < 4.78 is 40.3. The van der Waals surface area contributed by atoms with Crippen LogP contribution in [0.4, 0.5) is 30.2 Å². The fraction of sp³-hybridized carbons (Fsp3) is 0.148. The topological polar surface area (TPSA) is 90.2 Å². The molecule has 2 N–H and O–H groups in total. The number of aromatic hydroxyl groups is 1. The molecule has 3 aromatic rings. The molecule has 6 nitrogen and oxygen atoms in total. The molecule has 0 aliphatic carbocycles. The second-order valence-electron chi connectivity index (χ2n) is 8.39. The number of nitrogens with zero attached hydrogens (tertiary/aromatic N) is 2. The molecule has 1 atom stereocenters. The molecule has 0 spiro atoms. The van der Waals surface area contributed by atoms with Gasteiger partial charge in [-0.25, -0.2) is 4.79 Å². The minimum atomic E-state index is -4.58. The summed E-state index contributed by atoms with van der Waals surface area (Å²) in [4.78, 5) is 29.6. The molecule has 1 aliphatic rings. The zero-order chi connectivity index (χ0) is 26.2. The Hall–Kier alpha value is -4.40. The van der Waals surface area contributed by atoms with Crippen molar-refractivity contribution in [2.75, 3.05) is 4.90 Å². The van der Waals surface area contributed by atoms with Crippen molar-refractivity contribution in [3.05, 3.63) is 88.5 Å². The lowest BCUT2D eigenvalue weighted by Gasteiger charge is -2.20. The standard InChI is InChI=1S/C27H21F3N2O4/c1-15-3-7-19(11-16(15)2)32-23-13-18(27(28,29)30)6-8-20(23)21(26(32)36)14-31-22-9-4-17(12-24(22)33)5-10-25(34)35/h3-14,21,33H,1-2H3,(H,34,35). The SMILES string of the molecule is Cc1ccc(N2C(=O)C(C=Nc3ccc(C=CC(=O)O)cc3O)c3ccc(C(F)(F)F)cc32)cc1C. The average Bonchev–Trinajstić information content (AvgIpc) is 3.08. The molecule has 0 aromatic heterocycles. The second kappa shape index (κ2) is 9.33. The van der Waals surface area contributed by atoms with Gasteiger partial charge < -0.3 is 10.2 Å². The molecule has 0 bridgehead atoms. The van der Waals surface area contributed by atoms with Gasteiger partial charge in [0.2, 0.25) is 5.91 Å². The van der Waals surface area contributed by atoms with Crippen LogP contribution in [-0.2, 0) is 15.8 Å². The van der Waals surface area contributed by atoms with Crippen molar-refractivity contribution in [2.45, 2.75) is 25.9 Å².